The van der Waals surface area contributed by atoms with E-state index in [0.29, 0.717) is 0 Å². The molecule has 102 valence electrons. The number of esters is 1. The third-order valence-electron chi connectivity index (χ3n) is 3.74. The van der Waals surface area contributed by atoms with Crippen LogP contribution in [-0.4, -0.2) is 12.1 Å². The smallest absolute Gasteiger partial charge is 0.303 e. The molecule has 2 heteroatoms. The molecule has 0 aromatic carbocycles. The van der Waals surface area contributed by atoms with Gasteiger partial charge in [0.1, 0.15) is 6.10 Å². The summed E-state index contributed by atoms with van der Waals surface area (Å²) in [5.74, 6) is -0.208. The van der Waals surface area contributed by atoms with Crippen molar-refractivity contribution < 1.29 is 9.53 Å². The zero-order valence-corrected chi connectivity index (χ0v) is 12.4. The van der Waals surface area contributed by atoms with Gasteiger partial charge in [-0.05, 0) is 49.7 Å². The van der Waals surface area contributed by atoms with Crippen molar-refractivity contribution in [1.82, 2.24) is 0 Å². The van der Waals surface area contributed by atoms with Crippen molar-refractivity contribution in [3.05, 3.63) is 23.3 Å². The van der Waals surface area contributed by atoms with Crippen LogP contribution in [0.3, 0.4) is 0 Å². The number of ether oxygens (including phenoxy) is 1. The fourth-order valence-corrected chi connectivity index (χ4v) is 2.69. The summed E-state index contributed by atoms with van der Waals surface area (Å²) in [6.45, 7) is 10.3. The van der Waals surface area contributed by atoms with E-state index in [9.17, 15) is 4.79 Å². The molecule has 0 amide bonds. The Morgan fingerprint density at radius 1 is 1.50 bits per heavy atom. The summed E-state index contributed by atoms with van der Waals surface area (Å²) in [6.07, 6.45) is 8.63. The van der Waals surface area contributed by atoms with Crippen LogP contribution in [0.4, 0.5) is 0 Å². The first kappa shape index (κ1) is 15.0. The van der Waals surface area contributed by atoms with Crippen molar-refractivity contribution >= 4 is 5.97 Å². The topological polar surface area (TPSA) is 26.3 Å². The van der Waals surface area contributed by atoms with Crippen LogP contribution >= 0.6 is 0 Å². The summed E-state index contributed by atoms with van der Waals surface area (Å²) < 4.78 is 5.25. The molecule has 0 fully saturated rings. The van der Waals surface area contributed by atoms with Gasteiger partial charge in [-0.3, -0.25) is 4.79 Å². The molecular weight excluding hydrogens is 224 g/mol. The molecule has 0 heterocycles. The van der Waals surface area contributed by atoms with Gasteiger partial charge in [0.15, 0.2) is 0 Å². The van der Waals surface area contributed by atoms with Gasteiger partial charge in [-0.2, -0.15) is 0 Å². The zero-order chi connectivity index (χ0) is 13.8. The predicted octanol–water partition coefficient (Wildman–Crippen LogP) is 4.41. The minimum absolute atomic E-state index is 0.0967. The Morgan fingerprint density at radius 2 is 2.17 bits per heavy atom. The predicted molar refractivity (Wildman–Crippen MR) is 75.3 cm³/mol. The maximum absolute atomic E-state index is 11.0. The van der Waals surface area contributed by atoms with Crippen LogP contribution in [0.2, 0.25) is 0 Å². The second-order valence-electron chi connectivity index (χ2n) is 5.85. The van der Waals surface area contributed by atoms with Crippen LogP contribution in [0.5, 0.6) is 0 Å². The van der Waals surface area contributed by atoms with E-state index in [1.165, 1.54) is 37.3 Å². The van der Waals surface area contributed by atoms with Crippen molar-refractivity contribution in [2.24, 2.45) is 5.41 Å². The lowest BCUT2D eigenvalue weighted by Crippen LogP contribution is -2.20. The lowest BCUT2D eigenvalue weighted by atomic mass is 9.72. The van der Waals surface area contributed by atoms with Crippen molar-refractivity contribution in [3.8, 4) is 0 Å². The third-order valence-corrected chi connectivity index (χ3v) is 3.74. The molecule has 0 bridgehead atoms. The van der Waals surface area contributed by atoms with Crippen LogP contribution < -0.4 is 0 Å². The highest BCUT2D eigenvalue weighted by Crippen LogP contribution is 2.40. The van der Waals surface area contributed by atoms with Gasteiger partial charge in [0.2, 0.25) is 0 Å². The van der Waals surface area contributed by atoms with Crippen LogP contribution in [0, 0.1) is 5.41 Å². The minimum atomic E-state index is -0.208. The van der Waals surface area contributed by atoms with E-state index in [4.69, 9.17) is 4.74 Å². The maximum Gasteiger partial charge on any atom is 0.303 e. The van der Waals surface area contributed by atoms with Gasteiger partial charge in [-0.25, -0.2) is 0 Å². The van der Waals surface area contributed by atoms with E-state index in [0.717, 1.165) is 6.42 Å². The fourth-order valence-electron chi connectivity index (χ4n) is 2.69. The van der Waals surface area contributed by atoms with Crippen molar-refractivity contribution in [2.45, 2.75) is 66.4 Å². The van der Waals surface area contributed by atoms with E-state index in [1.54, 1.807) is 0 Å². The van der Waals surface area contributed by atoms with Gasteiger partial charge in [0.05, 0.1) is 0 Å². The lowest BCUT2D eigenvalue weighted by Gasteiger charge is -2.33. The molecule has 0 unspecified atom stereocenters. The molecule has 0 saturated carbocycles. The Hall–Kier alpha value is -1.05. The molecule has 2 nitrogen and oxygen atoms in total. The average Bonchev–Trinajstić information content (AvgIpc) is 2.25. The molecule has 0 N–H and O–H groups in total. The number of rotatable bonds is 4. The molecule has 0 radical (unpaired) electrons. The highest BCUT2D eigenvalue weighted by atomic mass is 16.5. The van der Waals surface area contributed by atoms with Gasteiger partial charge in [-0.1, -0.05) is 32.4 Å². The second-order valence-corrected chi connectivity index (χ2v) is 5.85. The molecule has 1 rings (SSSR count). The van der Waals surface area contributed by atoms with Crippen LogP contribution in [-0.2, 0) is 9.53 Å². The number of carbonyl (C=O) groups excluding carboxylic acids is 1. The zero-order valence-electron chi connectivity index (χ0n) is 12.4. The molecule has 1 aliphatic rings. The van der Waals surface area contributed by atoms with E-state index >= 15 is 0 Å². The number of carbonyl (C=O) groups is 1. The molecule has 1 atom stereocenters. The molecule has 0 saturated heterocycles. The number of hydrogen-bond acceptors (Lipinski definition) is 2. The quantitative estimate of drug-likeness (QED) is 0.691. The van der Waals surface area contributed by atoms with Crippen LogP contribution in [0.1, 0.15) is 60.3 Å². The van der Waals surface area contributed by atoms with Gasteiger partial charge in [-0.15, -0.1) is 0 Å². The van der Waals surface area contributed by atoms with E-state index in [1.807, 2.05) is 13.0 Å². The minimum Gasteiger partial charge on any atom is -0.458 e. The van der Waals surface area contributed by atoms with Crippen LogP contribution in [0.25, 0.3) is 0 Å². The normalized spacial score (nSPS) is 21.2. The molecule has 0 spiro atoms. The summed E-state index contributed by atoms with van der Waals surface area (Å²) >= 11 is 0. The monoisotopic (exact) mass is 250 g/mol. The van der Waals surface area contributed by atoms with Gasteiger partial charge < -0.3 is 4.74 Å². The molecule has 0 aliphatic heterocycles. The fraction of sp³-hybridized carbons (Fsp3) is 0.688. The Labute approximate surface area is 111 Å². The molecular formula is C16H26O2. The first-order chi connectivity index (χ1) is 8.36. The second kappa shape index (κ2) is 6.21. The summed E-state index contributed by atoms with van der Waals surface area (Å²) in [4.78, 5) is 11.0. The van der Waals surface area contributed by atoms with E-state index in [-0.39, 0.29) is 17.5 Å². The summed E-state index contributed by atoms with van der Waals surface area (Å²) in [7, 11) is 0. The maximum atomic E-state index is 11.0. The van der Waals surface area contributed by atoms with Crippen molar-refractivity contribution in [1.29, 1.82) is 0 Å². The number of hydrogen-bond donors (Lipinski definition) is 0. The van der Waals surface area contributed by atoms with Gasteiger partial charge in [0, 0.05) is 6.92 Å². The summed E-state index contributed by atoms with van der Waals surface area (Å²) in [5, 5.41) is 0. The molecule has 18 heavy (non-hydrogen) atoms. The average molecular weight is 250 g/mol. The Balaban J connectivity index is 2.83. The Morgan fingerprint density at radius 3 is 2.67 bits per heavy atom. The molecule has 0 aromatic rings. The highest BCUT2D eigenvalue weighted by Gasteiger charge is 2.26. The van der Waals surface area contributed by atoms with Gasteiger partial charge in [0.25, 0.3) is 0 Å². The Kier molecular flexibility index (Phi) is 5.18. The lowest BCUT2D eigenvalue weighted by molar-refractivity contribution is -0.144. The first-order valence-electron chi connectivity index (χ1n) is 6.92. The molecule has 1 aliphatic carbocycles. The largest absolute Gasteiger partial charge is 0.458 e. The standard InChI is InChI=1S/C16H26O2/c1-6-14(18-13(3)17)9-10-15-12(2)8-7-11-16(15,4)5/h9-10,14H,6-8,11H2,1-5H3/b10-9+/t14-/m1/s1. The van der Waals surface area contributed by atoms with E-state index in [2.05, 4.69) is 26.8 Å². The SMILES string of the molecule is CC[C@H](/C=C/C1=C(C)CCCC1(C)C)OC(C)=O. The van der Waals surface area contributed by atoms with Crippen molar-refractivity contribution in [3.63, 3.8) is 0 Å². The van der Waals surface area contributed by atoms with Crippen molar-refractivity contribution in [2.75, 3.05) is 0 Å². The van der Waals surface area contributed by atoms with Crippen LogP contribution in [0.15, 0.2) is 23.3 Å². The number of allylic oxidation sites excluding steroid dienone is 3. The van der Waals surface area contributed by atoms with Gasteiger partial charge >= 0.3 is 5.97 Å². The summed E-state index contributed by atoms with van der Waals surface area (Å²) in [5.41, 5.74) is 3.13. The molecule has 0 aromatic heterocycles. The summed E-state index contributed by atoms with van der Waals surface area (Å²) in [6, 6.07) is 0. The van der Waals surface area contributed by atoms with E-state index < -0.39 is 0 Å². The highest BCUT2D eigenvalue weighted by molar-refractivity contribution is 5.66. The first-order valence-corrected chi connectivity index (χ1v) is 6.92. The third kappa shape index (κ3) is 4.01. The Bertz CT molecular complexity index is 361.